The molecule has 2 atom stereocenters. The number of carbonyl (C=O) groups excluding carboxylic acids is 2. The zero-order valence-corrected chi connectivity index (χ0v) is 23.8. The van der Waals surface area contributed by atoms with Gasteiger partial charge in [-0.15, -0.1) is 11.3 Å². The number of rotatable bonds is 7. The molecule has 43 heavy (non-hydrogen) atoms. The van der Waals surface area contributed by atoms with E-state index < -0.39 is 47.1 Å². The number of nitrogens with one attached hydrogen (secondary N) is 1. The van der Waals surface area contributed by atoms with Crippen LogP contribution in [0, 0.1) is 5.82 Å². The quantitative estimate of drug-likeness (QED) is 0.249. The van der Waals surface area contributed by atoms with Crippen molar-refractivity contribution in [2.24, 2.45) is 5.73 Å². The molecule has 4 N–H and O–H groups in total. The molecule has 1 aliphatic heterocycles. The van der Waals surface area contributed by atoms with E-state index in [1.54, 1.807) is 0 Å². The predicted molar refractivity (Wildman–Crippen MR) is 148 cm³/mol. The lowest BCUT2D eigenvalue weighted by atomic mass is 9.81. The van der Waals surface area contributed by atoms with Gasteiger partial charge in [-0.1, -0.05) is 11.6 Å². The summed E-state index contributed by atoms with van der Waals surface area (Å²) in [6.07, 6.45) is -2.14. The normalized spacial score (nSPS) is 19.5. The summed E-state index contributed by atoms with van der Waals surface area (Å²) in [5, 5.41) is 13.9. The highest BCUT2D eigenvalue weighted by Gasteiger charge is 2.57. The predicted octanol–water partition coefficient (Wildman–Crippen LogP) is 4.74. The summed E-state index contributed by atoms with van der Waals surface area (Å²) in [5.41, 5.74) is -0.523. The number of halogens is 5. The zero-order chi connectivity index (χ0) is 30.9. The van der Waals surface area contributed by atoms with Gasteiger partial charge in [0.05, 0.1) is 32.5 Å². The lowest BCUT2D eigenvalue weighted by Gasteiger charge is -2.31. The summed E-state index contributed by atoms with van der Waals surface area (Å²) in [7, 11) is 0. The fraction of sp³-hybridized carbons (Fsp3) is 0.321. The number of amides is 2. The van der Waals surface area contributed by atoms with Crippen molar-refractivity contribution in [1.82, 2.24) is 20.3 Å². The molecule has 0 unspecified atom stereocenters. The van der Waals surface area contributed by atoms with Gasteiger partial charge in [-0.3, -0.25) is 9.59 Å². The van der Waals surface area contributed by atoms with Crippen LogP contribution in [-0.2, 0) is 15.8 Å². The van der Waals surface area contributed by atoms with Crippen molar-refractivity contribution in [1.29, 1.82) is 0 Å². The van der Waals surface area contributed by atoms with E-state index in [-0.39, 0.29) is 39.8 Å². The number of hydrogen-bond acceptors (Lipinski definition) is 8. The lowest BCUT2D eigenvalue weighted by Crippen LogP contribution is -2.51. The smallest absolute Gasteiger partial charge is 0.424 e. The molecule has 2 aliphatic rings. The Hall–Kier alpha value is -3.88. The van der Waals surface area contributed by atoms with Crippen LogP contribution >= 0.6 is 22.9 Å². The maximum atomic E-state index is 14.6. The molecule has 6 rings (SSSR count). The number of ether oxygens (including phenoxy) is 1. The second-order valence-electron chi connectivity index (χ2n) is 10.8. The van der Waals surface area contributed by atoms with Crippen LogP contribution < -0.4 is 15.8 Å². The molecule has 9 nitrogen and oxygen atoms in total. The van der Waals surface area contributed by atoms with Crippen molar-refractivity contribution in [2.75, 3.05) is 13.2 Å². The van der Waals surface area contributed by atoms with Gasteiger partial charge in [0.2, 0.25) is 11.5 Å². The Bertz CT molecular complexity index is 1810. The van der Waals surface area contributed by atoms with Crippen LogP contribution in [0.15, 0.2) is 36.5 Å². The van der Waals surface area contributed by atoms with Gasteiger partial charge in [0.25, 0.3) is 5.91 Å². The van der Waals surface area contributed by atoms with Crippen molar-refractivity contribution in [3.63, 3.8) is 0 Å². The molecule has 3 aromatic heterocycles. The summed E-state index contributed by atoms with van der Waals surface area (Å²) < 4.78 is 64.1. The Morgan fingerprint density at radius 3 is 2.63 bits per heavy atom. The van der Waals surface area contributed by atoms with Gasteiger partial charge in [0.15, 0.2) is 5.65 Å². The van der Waals surface area contributed by atoms with E-state index >= 15 is 0 Å². The third kappa shape index (κ3) is 4.96. The van der Waals surface area contributed by atoms with Gasteiger partial charge < -0.3 is 20.9 Å². The summed E-state index contributed by atoms with van der Waals surface area (Å²) in [4.78, 5) is 38.0. The number of aromatic nitrogens is 3. The first-order valence-electron chi connectivity index (χ1n) is 13.0. The number of aliphatic hydroxyl groups is 1. The van der Waals surface area contributed by atoms with Crippen LogP contribution in [-0.4, -0.2) is 51.2 Å². The third-order valence-corrected chi connectivity index (χ3v) is 9.10. The minimum absolute atomic E-state index is 0.0266. The van der Waals surface area contributed by atoms with E-state index in [9.17, 15) is 32.3 Å². The lowest BCUT2D eigenvalue weighted by molar-refractivity contribution is -0.265. The summed E-state index contributed by atoms with van der Waals surface area (Å²) in [6, 6.07) is 5.68. The first-order chi connectivity index (χ1) is 20.2. The highest BCUT2D eigenvalue weighted by atomic mass is 35.5. The number of pyridine rings is 2. The molecule has 1 fully saturated rings. The number of alkyl halides is 3. The topological polar surface area (TPSA) is 140 Å². The van der Waals surface area contributed by atoms with Crippen molar-refractivity contribution < 1.29 is 37.0 Å². The molecule has 0 spiro atoms. The maximum absolute atomic E-state index is 14.6. The second-order valence-corrected chi connectivity index (χ2v) is 12.2. The Kier molecular flexibility index (Phi) is 6.86. The van der Waals surface area contributed by atoms with E-state index in [1.807, 2.05) is 0 Å². The molecule has 15 heteroatoms. The van der Waals surface area contributed by atoms with Crippen molar-refractivity contribution in [2.45, 2.75) is 42.9 Å². The Balaban J connectivity index is 1.39. The molecule has 0 bridgehead atoms. The monoisotopic (exact) mass is 635 g/mol. The van der Waals surface area contributed by atoms with Gasteiger partial charge in [0, 0.05) is 23.2 Å². The average molecular weight is 636 g/mol. The van der Waals surface area contributed by atoms with E-state index in [4.69, 9.17) is 22.1 Å². The summed E-state index contributed by atoms with van der Waals surface area (Å²) in [5.74, 6) is -2.32. The largest absolute Gasteiger partial charge is 0.489 e. The average Bonchev–Trinajstić information content (AvgIpc) is 3.63. The van der Waals surface area contributed by atoms with Gasteiger partial charge in [0.1, 0.15) is 29.3 Å². The van der Waals surface area contributed by atoms with E-state index in [1.165, 1.54) is 36.6 Å². The van der Waals surface area contributed by atoms with E-state index in [0.717, 1.165) is 36.0 Å². The van der Waals surface area contributed by atoms with Gasteiger partial charge in [-0.25, -0.2) is 19.3 Å². The van der Waals surface area contributed by atoms with Crippen LogP contribution in [0.4, 0.5) is 17.6 Å². The maximum Gasteiger partial charge on any atom is 0.424 e. The fourth-order valence-corrected chi connectivity index (χ4v) is 6.07. The number of carbonyl (C=O) groups is 2. The highest BCUT2D eigenvalue weighted by molar-refractivity contribution is 7.18. The van der Waals surface area contributed by atoms with Gasteiger partial charge in [-0.2, -0.15) is 13.2 Å². The number of hydrogen-bond donors (Lipinski definition) is 3. The SMILES string of the molecule is C[C@]1(C(N)=O)COc2c1cc([C@@](O)(CNC(=O)c1cnc3nc(C4CC4)sc3c1)C(F)(F)F)nc2-c1ccc(F)c(Cl)c1. The first-order valence-corrected chi connectivity index (χ1v) is 14.2. The first kappa shape index (κ1) is 29.2. The standard InChI is InChI=1S/C28H22ClF4N5O4S/c1-26(25(34)40)11-42-21-15(26)8-19(37-20(21)13-4-5-17(30)16(29)6-13)27(41,28(31,32)33)10-36-23(39)14-7-18-22(35-9-14)38-24(43-18)12-2-3-12/h4-9,12,41H,2-3,10-11H2,1H3,(H2,34,40)(H,36,39)/t26-,27-/m0/s1. The van der Waals surface area contributed by atoms with E-state index in [0.29, 0.717) is 16.3 Å². The van der Waals surface area contributed by atoms with Gasteiger partial charge in [-0.05, 0) is 50.1 Å². The number of nitrogens with zero attached hydrogens (tertiary/aromatic N) is 3. The van der Waals surface area contributed by atoms with Crippen molar-refractivity contribution in [3.05, 3.63) is 69.2 Å². The van der Waals surface area contributed by atoms with Crippen molar-refractivity contribution in [3.8, 4) is 17.0 Å². The second kappa shape index (κ2) is 10.1. The molecule has 1 aliphatic carbocycles. The van der Waals surface area contributed by atoms with Crippen LogP contribution in [0.3, 0.4) is 0 Å². The molecule has 4 heterocycles. The zero-order valence-electron chi connectivity index (χ0n) is 22.3. The molecule has 1 saturated carbocycles. The van der Waals surface area contributed by atoms with E-state index in [2.05, 4.69) is 20.3 Å². The third-order valence-electron chi connectivity index (χ3n) is 7.66. The summed E-state index contributed by atoms with van der Waals surface area (Å²) >= 11 is 7.28. The van der Waals surface area contributed by atoms with Gasteiger partial charge >= 0.3 is 6.18 Å². The Labute approximate surface area is 250 Å². The molecule has 1 aromatic carbocycles. The van der Waals surface area contributed by atoms with Crippen molar-refractivity contribution >= 4 is 45.1 Å². The molecule has 0 saturated heterocycles. The number of nitrogens with two attached hydrogens (primary N) is 1. The Morgan fingerprint density at radius 2 is 1.98 bits per heavy atom. The minimum atomic E-state index is -5.36. The van der Waals surface area contributed by atoms with Crippen LogP contribution in [0.25, 0.3) is 21.6 Å². The van der Waals surface area contributed by atoms with Crippen LogP contribution in [0.2, 0.25) is 5.02 Å². The minimum Gasteiger partial charge on any atom is -0.489 e. The molecule has 224 valence electrons. The van der Waals surface area contributed by atoms with Crippen LogP contribution in [0.1, 0.15) is 52.3 Å². The molecule has 2 amide bonds. The Morgan fingerprint density at radius 1 is 1.23 bits per heavy atom. The summed E-state index contributed by atoms with van der Waals surface area (Å²) in [6.45, 7) is -0.285. The molecular weight excluding hydrogens is 614 g/mol. The van der Waals surface area contributed by atoms with Crippen LogP contribution in [0.5, 0.6) is 5.75 Å². The molecule has 0 radical (unpaired) electrons. The number of fused-ring (bicyclic) bond motifs is 2. The number of thiazole rings is 1. The molecule has 4 aromatic rings. The highest BCUT2D eigenvalue weighted by Crippen LogP contribution is 2.48. The number of primary amides is 1. The number of benzene rings is 1. The molecular formula is C28H22ClF4N5O4S. The fourth-order valence-electron chi connectivity index (χ4n) is 4.75.